The van der Waals surface area contributed by atoms with Gasteiger partial charge in [-0.25, -0.2) is 9.31 Å². The number of carbonyl (C=O) groups excluding carboxylic acids is 1. The molecule has 1 saturated carbocycles. The Morgan fingerprint density at radius 1 is 1.16 bits per heavy atom. The molecular weight excluding hydrogens is 468 g/mol. The highest BCUT2D eigenvalue weighted by atomic mass is 16.6. The molecule has 2 aliphatic rings. The molecule has 0 bridgehead atoms. The van der Waals surface area contributed by atoms with Crippen molar-refractivity contribution in [2.24, 2.45) is 5.92 Å². The molecule has 196 valence electrons. The SMILES string of the molecule is Cc1c(-c2cc(O[C@H](C)C3CCC3)c3c(C#N)cnn3c2)cnn1C1CCN(C(=O)OC(C)(C)C)CC1. The Labute approximate surface area is 218 Å². The third-order valence-electron chi connectivity index (χ3n) is 7.64. The van der Waals surface area contributed by atoms with Crippen molar-refractivity contribution in [3.8, 4) is 22.9 Å². The van der Waals surface area contributed by atoms with Crippen LogP contribution in [-0.2, 0) is 4.74 Å². The Hall–Kier alpha value is -3.54. The maximum Gasteiger partial charge on any atom is 0.410 e. The lowest BCUT2D eigenvalue weighted by Gasteiger charge is -2.34. The molecule has 37 heavy (non-hydrogen) atoms. The van der Waals surface area contributed by atoms with Gasteiger partial charge in [-0.3, -0.25) is 4.68 Å². The zero-order chi connectivity index (χ0) is 26.3. The van der Waals surface area contributed by atoms with Gasteiger partial charge in [-0.2, -0.15) is 15.5 Å². The molecule has 3 aromatic rings. The van der Waals surface area contributed by atoms with Gasteiger partial charge in [0.1, 0.15) is 28.5 Å². The van der Waals surface area contributed by atoms with E-state index in [-0.39, 0.29) is 18.2 Å². The lowest BCUT2D eigenvalue weighted by Crippen LogP contribution is -2.42. The summed E-state index contributed by atoms with van der Waals surface area (Å²) in [6.07, 6.45) is 10.5. The quantitative estimate of drug-likeness (QED) is 0.454. The molecular formula is C28H36N6O3. The smallest absolute Gasteiger partial charge is 0.410 e. The summed E-state index contributed by atoms with van der Waals surface area (Å²) in [4.78, 5) is 14.2. The maximum absolute atomic E-state index is 12.5. The first-order valence-electron chi connectivity index (χ1n) is 13.2. The molecule has 1 aliphatic carbocycles. The number of nitriles is 1. The summed E-state index contributed by atoms with van der Waals surface area (Å²) in [5.74, 6) is 1.23. The first kappa shape index (κ1) is 25.1. The minimum atomic E-state index is -0.497. The van der Waals surface area contributed by atoms with Crippen molar-refractivity contribution in [2.45, 2.75) is 84.5 Å². The second-order valence-electron chi connectivity index (χ2n) is 11.4. The van der Waals surface area contributed by atoms with Gasteiger partial charge >= 0.3 is 6.09 Å². The van der Waals surface area contributed by atoms with Crippen molar-refractivity contribution in [3.63, 3.8) is 0 Å². The molecule has 2 fully saturated rings. The van der Waals surface area contributed by atoms with Crippen molar-refractivity contribution >= 4 is 11.6 Å². The van der Waals surface area contributed by atoms with Crippen LogP contribution < -0.4 is 4.74 Å². The van der Waals surface area contributed by atoms with Crippen LogP contribution in [-0.4, -0.2) is 55.2 Å². The summed E-state index contributed by atoms with van der Waals surface area (Å²) in [7, 11) is 0. The van der Waals surface area contributed by atoms with Gasteiger partial charge in [0, 0.05) is 36.1 Å². The third-order valence-corrected chi connectivity index (χ3v) is 7.64. The maximum atomic E-state index is 12.5. The van der Waals surface area contributed by atoms with E-state index in [1.165, 1.54) is 19.3 Å². The number of piperidine rings is 1. The summed E-state index contributed by atoms with van der Waals surface area (Å²) in [5.41, 5.74) is 3.73. The van der Waals surface area contributed by atoms with E-state index in [9.17, 15) is 10.1 Å². The summed E-state index contributed by atoms with van der Waals surface area (Å²) < 4.78 is 15.8. The van der Waals surface area contributed by atoms with E-state index < -0.39 is 5.60 Å². The van der Waals surface area contributed by atoms with Crippen molar-refractivity contribution in [3.05, 3.63) is 35.9 Å². The minimum absolute atomic E-state index is 0.0771. The lowest BCUT2D eigenvalue weighted by molar-refractivity contribution is 0.0184. The van der Waals surface area contributed by atoms with E-state index in [1.54, 1.807) is 15.6 Å². The number of rotatable bonds is 5. The lowest BCUT2D eigenvalue weighted by atomic mass is 9.82. The van der Waals surface area contributed by atoms with Crippen LogP contribution in [0.2, 0.25) is 0 Å². The van der Waals surface area contributed by atoms with Gasteiger partial charge < -0.3 is 14.4 Å². The number of carbonyl (C=O) groups is 1. The van der Waals surface area contributed by atoms with Crippen molar-refractivity contribution in [1.82, 2.24) is 24.3 Å². The fraction of sp³-hybridized carbons (Fsp3) is 0.571. The van der Waals surface area contributed by atoms with Gasteiger partial charge in [0.15, 0.2) is 0 Å². The normalized spacial score (nSPS) is 17.9. The van der Waals surface area contributed by atoms with Crippen LogP contribution in [0.25, 0.3) is 16.6 Å². The Bertz CT molecular complexity index is 1330. The van der Waals surface area contributed by atoms with Gasteiger partial charge in [0.05, 0.1) is 24.5 Å². The second kappa shape index (κ2) is 9.73. The number of amides is 1. The Kier molecular flexibility index (Phi) is 6.61. The monoisotopic (exact) mass is 504 g/mol. The van der Waals surface area contributed by atoms with Crippen molar-refractivity contribution < 1.29 is 14.3 Å². The van der Waals surface area contributed by atoms with E-state index in [1.807, 2.05) is 39.2 Å². The molecule has 0 N–H and O–H groups in total. The number of hydrogen-bond donors (Lipinski definition) is 0. The molecule has 4 heterocycles. The van der Waals surface area contributed by atoms with E-state index in [2.05, 4.69) is 29.7 Å². The molecule has 0 spiro atoms. The number of ether oxygens (including phenoxy) is 2. The topological polar surface area (TPSA) is 97.7 Å². The molecule has 0 radical (unpaired) electrons. The van der Waals surface area contributed by atoms with Gasteiger partial charge in [-0.15, -0.1) is 0 Å². The van der Waals surface area contributed by atoms with Gasteiger partial charge in [0.2, 0.25) is 0 Å². The molecule has 1 aliphatic heterocycles. The number of pyridine rings is 1. The summed E-state index contributed by atoms with van der Waals surface area (Å²) in [6, 6.07) is 4.47. The number of hydrogen-bond acceptors (Lipinski definition) is 6. The fourth-order valence-electron chi connectivity index (χ4n) is 5.30. The van der Waals surface area contributed by atoms with Gasteiger partial charge in [-0.1, -0.05) is 6.42 Å². The zero-order valence-corrected chi connectivity index (χ0v) is 22.4. The highest BCUT2D eigenvalue weighted by Crippen LogP contribution is 2.37. The molecule has 1 amide bonds. The van der Waals surface area contributed by atoms with E-state index in [0.29, 0.717) is 35.8 Å². The summed E-state index contributed by atoms with van der Waals surface area (Å²) in [5, 5.41) is 18.8. The molecule has 1 atom stereocenters. The Morgan fingerprint density at radius 3 is 2.51 bits per heavy atom. The van der Waals surface area contributed by atoms with Gasteiger partial charge in [0.25, 0.3) is 0 Å². The molecule has 9 nitrogen and oxygen atoms in total. The predicted octanol–water partition coefficient (Wildman–Crippen LogP) is 5.52. The largest absolute Gasteiger partial charge is 0.488 e. The molecule has 0 aromatic carbocycles. The molecule has 9 heteroatoms. The van der Waals surface area contributed by atoms with Crippen LogP contribution in [0.4, 0.5) is 4.79 Å². The Morgan fingerprint density at radius 2 is 1.89 bits per heavy atom. The van der Waals surface area contributed by atoms with Crippen molar-refractivity contribution in [1.29, 1.82) is 5.26 Å². The third kappa shape index (κ3) is 5.02. The fourth-order valence-corrected chi connectivity index (χ4v) is 5.30. The van der Waals surface area contributed by atoms with E-state index >= 15 is 0 Å². The minimum Gasteiger partial charge on any atom is -0.488 e. The molecule has 1 saturated heterocycles. The highest BCUT2D eigenvalue weighted by molar-refractivity contribution is 5.76. The summed E-state index contributed by atoms with van der Waals surface area (Å²) in [6.45, 7) is 11.1. The standard InChI is InChI=1S/C28H36N6O3/c1-18-24(16-31-34(18)23-9-11-32(12-10-23)27(35)37-28(3,4)5)21-13-25(36-19(2)20-7-6-8-20)26-22(14-29)15-30-33(26)17-21/h13,15-17,19-20,23H,6-12H2,1-5H3/t19-/m1/s1. The molecule has 0 unspecified atom stereocenters. The second-order valence-corrected chi connectivity index (χ2v) is 11.4. The summed E-state index contributed by atoms with van der Waals surface area (Å²) >= 11 is 0. The van der Waals surface area contributed by atoms with Crippen LogP contribution in [0.5, 0.6) is 5.75 Å². The molecule has 3 aromatic heterocycles. The first-order chi connectivity index (χ1) is 17.6. The van der Waals surface area contributed by atoms with Crippen LogP contribution in [0.3, 0.4) is 0 Å². The van der Waals surface area contributed by atoms with E-state index in [4.69, 9.17) is 14.6 Å². The van der Waals surface area contributed by atoms with Gasteiger partial charge in [-0.05, 0) is 72.3 Å². The average molecular weight is 505 g/mol. The average Bonchev–Trinajstić information content (AvgIpc) is 3.40. The number of fused-ring (bicyclic) bond motifs is 1. The number of aromatic nitrogens is 4. The number of nitrogens with zero attached hydrogens (tertiary/aromatic N) is 6. The molecule has 5 rings (SSSR count). The van der Waals surface area contributed by atoms with Crippen LogP contribution in [0.15, 0.2) is 24.7 Å². The van der Waals surface area contributed by atoms with Crippen LogP contribution in [0.1, 0.15) is 77.1 Å². The number of likely N-dealkylation sites (tertiary alicyclic amines) is 1. The van der Waals surface area contributed by atoms with E-state index in [0.717, 1.165) is 29.7 Å². The van der Waals surface area contributed by atoms with Crippen LogP contribution in [0, 0.1) is 24.2 Å². The Balaban J connectivity index is 1.38. The zero-order valence-electron chi connectivity index (χ0n) is 22.4. The first-order valence-corrected chi connectivity index (χ1v) is 13.2. The predicted molar refractivity (Wildman–Crippen MR) is 139 cm³/mol. The van der Waals surface area contributed by atoms with Crippen LogP contribution >= 0.6 is 0 Å². The van der Waals surface area contributed by atoms with Crippen molar-refractivity contribution in [2.75, 3.05) is 13.1 Å². The highest BCUT2D eigenvalue weighted by Gasteiger charge is 2.30.